The van der Waals surface area contributed by atoms with Gasteiger partial charge in [0.2, 0.25) is 0 Å². The van der Waals surface area contributed by atoms with Crippen molar-refractivity contribution >= 4 is 0 Å². The summed E-state index contributed by atoms with van der Waals surface area (Å²) in [6.45, 7) is 1.77. The summed E-state index contributed by atoms with van der Waals surface area (Å²) in [6.07, 6.45) is 1.86. The highest BCUT2D eigenvalue weighted by Gasteiger charge is 2.28. The first-order valence-corrected chi connectivity index (χ1v) is 7.35. The van der Waals surface area contributed by atoms with Crippen LogP contribution in [-0.4, -0.2) is 22.0 Å². The van der Waals surface area contributed by atoms with Crippen molar-refractivity contribution in [3.05, 3.63) is 51.2 Å². The van der Waals surface area contributed by atoms with Crippen molar-refractivity contribution in [2.45, 2.75) is 38.3 Å². The van der Waals surface area contributed by atoms with E-state index in [2.05, 4.69) is 5.10 Å². The topological polar surface area (TPSA) is 67.2 Å². The number of aromatic amines is 1. The minimum atomic E-state index is -1.30. The van der Waals surface area contributed by atoms with Gasteiger partial charge in [0, 0.05) is 17.3 Å². The molecule has 5 nitrogen and oxygen atoms in total. The number of hydrogen-bond donors (Lipinski definition) is 2. The Morgan fingerprint density at radius 1 is 1.45 bits per heavy atom. The van der Waals surface area contributed by atoms with E-state index < -0.39 is 11.9 Å². The number of hydrogen-bond acceptors (Lipinski definition) is 3. The van der Waals surface area contributed by atoms with E-state index in [4.69, 9.17) is 4.74 Å². The molecule has 1 aromatic carbocycles. The van der Waals surface area contributed by atoms with Crippen LogP contribution in [0.25, 0.3) is 0 Å². The van der Waals surface area contributed by atoms with Crippen LogP contribution in [0.4, 0.5) is 4.39 Å². The zero-order valence-corrected chi connectivity index (χ0v) is 12.6. The van der Waals surface area contributed by atoms with Gasteiger partial charge in [-0.2, -0.15) is 0 Å². The first kappa shape index (κ1) is 14.8. The van der Waals surface area contributed by atoms with Crippen LogP contribution >= 0.6 is 0 Å². The third-order valence-electron chi connectivity index (χ3n) is 4.43. The van der Waals surface area contributed by atoms with Gasteiger partial charge in [-0.25, -0.2) is 4.39 Å². The molecule has 2 aromatic rings. The van der Waals surface area contributed by atoms with Crippen molar-refractivity contribution in [1.29, 1.82) is 0 Å². The maximum absolute atomic E-state index is 14.1. The molecule has 0 radical (unpaired) electrons. The molecule has 1 unspecified atom stereocenters. The second-order valence-corrected chi connectivity index (χ2v) is 5.68. The van der Waals surface area contributed by atoms with Crippen molar-refractivity contribution in [1.82, 2.24) is 9.78 Å². The van der Waals surface area contributed by atoms with E-state index in [1.54, 1.807) is 17.7 Å². The average molecular weight is 306 g/mol. The predicted molar refractivity (Wildman–Crippen MR) is 79.7 cm³/mol. The highest BCUT2D eigenvalue weighted by Crippen LogP contribution is 2.34. The molecule has 22 heavy (non-hydrogen) atoms. The van der Waals surface area contributed by atoms with Crippen LogP contribution < -0.4 is 10.3 Å². The van der Waals surface area contributed by atoms with E-state index >= 15 is 0 Å². The molecule has 0 bridgehead atoms. The van der Waals surface area contributed by atoms with Gasteiger partial charge in [-0.15, -0.1) is 0 Å². The molecule has 118 valence electrons. The first-order valence-electron chi connectivity index (χ1n) is 7.35. The number of nitrogens with one attached hydrogen (secondary N) is 1. The Morgan fingerprint density at radius 2 is 2.18 bits per heavy atom. The molecular weight excluding hydrogens is 287 g/mol. The number of nitrogens with zero attached hydrogens (tertiary/aromatic N) is 1. The zero-order chi connectivity index (χ0) is 15.9. The van der Waals surface area contributed by atoms with Crippen LogP contribution in [0, 0.1) is 12.7 Å². The Morgan fingerprint density at radius 3 is 2.73 bits per heavy atom. The molecule has 0 amide bonds. The smallest absolute Gasteiger partial charge is 0.270 e. The van der Waals surface area contributed by atoms with Crippen LogP contribution in [0.15, 0.2) is 23.0 Å². The van der Waals surface area contributed by atoms with E-state index in [9.17, 15) is 14.3 Å². The van der Waals surface area contributed by atoms with E-state index in [0.29, 0.717) is 11.4 Å². The molecule has 3 rings (SSSR count). The summed E-state index contributed by atoms with van der Waals surface area (Å²) >= 11 is 0. The SMILES string of the molecule is COc1ccc(C(O)c2c(C)n(C3CCC3)[nH]c2=O)c(F)c1. The lowest BCUT2D eigenvalue weighted by atomic mass is 9.93. The number of aliphatic hydroxyl groups is 1. The average Bonchev–Trinajstić information content (AvgIpc) is 2.71. The third-order valence-corrected chi connectivity index (χ3v) is 4.43. The summed E-state index contributed by atoms with van der Waals surface area (Å²) in [7, 11) is 1.44. The summed E-state index contributed by atoms with van der Waals surface area (Å²) in [5.41, 5.74) is 0.571. The number of aliphatic hydroxyl groups excluding tert-OH is 1. The van der Waals surface area contributed by atoms with E-state index in [1.807, 2.05) is 0 Å². The molecule has 1 heterocycles. The normalized spacial score (nSPS) is 16.4. The van der Waals surface area contributed by atoms with Crippen molar-refractivity contribution < 1.29 is 14.2 Å². The van der Waals surface area contributed by atoms with Gasteiger partial charge in [-0.1, -0.05) is 0 Å². The Hall–Kier alpha value is -2.08. The molecule has 1 aliphatic rings. The molecule has 1 fully saturated rings. The second kappa shape index (κ2) is 5.61. The number of ether oxygens (including phenoxy) is 1. The van der Waals surface area contributed by atoms with Crippen LogP contribution in [-0.2, 0) is 0 Å². The fourth-order valence-electron chi connectivity index (χ4n) is 2.89. The summed E-state index contributed by atoms with van der Waals surface area (Å²) in [5, 5.41) is 13.2. The van der Waals surface area contributed by atoms with Crippen LogP contribution in [0.3, 0.4) is 0 Å². The highest BCUT2D eigenvalue weighted by atomic mass is 19.1. The van der Waals surface area contributed by atoms with Gasteiger partial charge in [-0.05, 0) is 38.3 Å². The van der Waals surface area contributed by atoms with Crippen molar-refractivity contribution in [3.63, 3.8) is 0 Å². The quantitative estimate of drug-likeness (QED) is 0.911. The molecular formula is C16H19FN2O3. The number of rotatable bonds is 4. The summed E-state index contributed by atoms with van der Waals surface area (Å²) in [4.78, 5) is 12.2. The van der Waals surface area contributed by atoms with E-state index in [-0.39, 0.29) is 22.7 Å². The monoisotopic (exact) mass is 306 g/mol. The lowest BCUT2D eigenvalue weighted by molar-refractivity contribution is 0.212. The minimum absolute atomic E-state index is 0.0701. The van der Waals surface area contributed by atoms with Gasteiger partial charge in [0.1, 0.15) is 17.7 Å². The van der Waals surface area contributed by atoms with Gasteiger partial charge in [0.05, 0.1) is 18.7 Å². The number of aromatic nitrogens is 2. The number of benzene rings is 1. The van der Waals surface area contributed by atoms with Gasteiger partial charge in [0.25, 0.3) is 5.56 Å². The predicted octanol–water partition coefficient (Wildman–Crippen LogP) is 2.44. The molecule has 0 spiro atoms. The Balaban J connectivity index is 2.00. The van der Waals surface area contributed by atoms with Gasteiger partial charge in [-0.3, -0.25) is 14.6 Å². The molecule has 1 atom stereocenters. The first-order chi connectivity index (χ1) is 10.5. The van der Waals surface area contributed by atoms with Crippen molar-refractivity contribution in [2.75, 3.05) is 7.11 Å². The number of methoxy groups -OCH3 is 1. The maximum atomic E-state index is 14.1. The number of halogens is 1. The Bertz CT molecular complexity index is 746. The lowest BCUT2D eigenvalue weighted by Crippen LogP contribution is -2.20. The maximum Gasteiger partial charge on any atom is 0.270 e. The Labute approximate surface area is 127 Å². The molecule has 1 aliphatic carbocycles. The third kappa shape index (κ3) is 2.33. The molecule has 0 saturated heterocycles. The Kier molecular flexibility index (Phi) is 3.78. The molecule has 1 saturated carbocycles. The molecule has 1 aromatic heterocycles. The van der Waals surface area contributed by atoms with Gasteiger partial charge in [0.15, 0.2) is 0 Å². The van der Waals surface area contributed by atoms with Crippen LogP contribution in [0.5, 0.6) is 5.75 Å². The second-order valence-electron chi connectivity index (χ2n) is 5.68. The summed E-state index contributed by atoms with van der Waals surface area (Å²) < 4.78 is 20.9. The lowest BCUT2D eigenvalue weighted by Gasteiger charge is -2.27. The fourth-order valence-corrected chi connectivity index (χ4v) is 2.89. The van der Waals surface area contributed by atoms with Gasteiger partial charge < -0.3 is 9.84 Å². The molecule has 2 N–H and O–H groups in total. The standard InChI is InChI=1S/C16H19FN2O3/c1-9-14(16(21)18-19(9)10-4-3-5-10)15(20)12-7-6-11(22-2)8-13(12)17/h6-8,10,15,20H,3-5H2,1-2H3,(H,18,21). The fraction of sp³-hybridized carbons (Fsp3) is 0.438. The van der Waals surface area contributed by atoms with Crippen molar-refractivity contribution in [3.8, 4) is 5.75 Å². The molecule has 6 heteroatoms. The van der Waals surface area contributed by atoms with Crippen LogP contribution in [0.2, 0.25) is 0 Å². The van der Waals surface area contributed by atoms with Gasteiger partial charge >= 0.3 is 0 Å². The van der Waals surface area contributed by atoms with E-state index in [0.717, 1.165) is 19.3 Å². The zero-order valence-electron chi connectivity index (χ0n) is 12.6. The minimum Gasteiger partial charge on any atom is -0.497 e. The van der Waals surface area contributed by atoms with Crippen LogP contribution in [0.1, 0.15) is 48.2 Å². The summed E-state index contributed by atoms with van der Waals surface area (Å²) in [6, 6.07) is 4.48. The van der Waals surface area contributed by atoms with Crippen molar-refractivity contribution in [2.24, 2.45) is 0 Å². The summed E-state index contributed by atoms with van der Waals surface area (Å²) in [5.74, 6) is -0.229. The highest BCUT2D eigenvalue weighted by molar-refractivity contribution is 5.36. The number of H-pyrrole nitrogens is 1. The largest absolute Gasteiger partial charge is 0.497 e. The molecule has 0 aliphatic heterocycles. The van der Waals surface area contributed by atoms with E-state index in [1.165, 1.54) is 19.2 Å².